The largest absolute Gasteiger partial charge is 0.483 e. The topological polar surface area (TPSA) is 116 Å². The summed E-state index contributed by atoms with van der Waals surface area (Å²) in [6, 6.07) is 9.22. The Morgan fingerprint density at radius 3 is 2.48 bits per heavy atom. The van der Waals surface area contributed by atoms with Crippen molar-refractivity contribution in [3.8, 4) is 5.69 Å². The lowest BCUT2D eigenvalue weighted by Crippen LogP contribution is -2.42. The molecule has 3 N–H and O–H groups in total. The van der Waals surface area contributed by atoms with Crippen molar-refractivity contribution < 1.29 is 19.8 Å². The Kier molecular flexibility index (Phi) is 7.00. The number of H-pyrrole nitrogens is 1. The number of nitrogens with zero attached hydrogens (tertiary/aromatic N) is 2. The van der Waals surface area contributed by atoms with Crippen molar-refractivity contribution in [1.29, 1.82) is 0 Å². The number of hydrogen-bond donors (Lipinski definition) is 3. The lowest BCUT2D eigenvalue weighted by molar-refractivity contribution is -0.122. The van der Waals surface area contributed by atoms with E-state index in [2.05, 4.69) is 18.9 Å². The number of carbonyl (C=O) groups is 2. The number of aliphatic hydroxyl groups is 1. The number of nitrogens with one attached hydrogen (secondary N) is 1. The second-order valence-electron chi connectivity index (χ2n) is 8.39. The molecule has 0 aliphatic carbocycles. The van der Waals surface area contributed by atoms with Crippen LogP contribution in [0.15, 0.2) is 35.1 Å². The van der Waals surface area contributed by atoms with Gasteiger partial charge < -0.3 is 15.1 Å². The number of hydrogen-bond acceptors (Lipinski definition) is 4. The van der Waals surface area contributed by atoms with E-state index in [-0.39, 0.29) is 42.0 Å². The van der Waals surface area contributed by atoms with Crippen LogP contribution in [0.2, 0.25) is 0 Å². The Morgan fingerprint density at radius 1 is 1.26 bits per heavy atom. The summed E-state index contributed by atoms with van der Waals surface area (Å²) in [6.45, 7) is 4.07. The molecule has 2 fully saturated rings. The Morgan fingerprint density at radius 2 is 1.94 bits per heavy atom. The lowest BCUT2D eigenvalue weighted by atomic mass is 9.72. The van der Waals surface area contributed by atoms with Gasteiger partial charge in [0.15, 0.2) is 0 Å². The second-order valence-corrected chi connectivity index (χ2v) is 8.39. The van der Waals surface area contributed by atoms with Crippen molar-refractivity contribution >= 4 is 12.4 Å². The molecule has 8 nitrogen and oxygen atoms in total. The zero-order chi connectivity index (χ0) is 22.6. The van der Waals surface area contributed by atoms with Gasteiger partial charge in [-0.15, -0.1) is 0 Å². The second kappa shape index (κ2) is 9.51. The lowest BCUT2D eigenvalue weighted by Gasteiger charge is -2.34. The molecule has 8 heteroatoms. The Bertz CT molecular complexity index is 958. The molecule has 4 rings (SSSR count). The Hall–Kier alpha value is -2.87. The number of fused-ring (bicyclic) bond motifs is 2. The highest BCUT2D eigenvalue weighted by molar-refractivity contribution is 5.95. The van der Waals surface area contributed by atoms with E-state index in [1.54, 1.807) is 18.2 Å². The number of rotatable bonds is 6. The van der Waals surface area contributed by atoms with E-state index in [0.29, 0.717) is 5.56 Å². The van der Waals surface area contributed by atoms with Gasteiger partial charge in [-0.2, -0.15) is 0 Å². The van der Waals surface area contributed by atoms with Crippen molar-refractivity contribution in [3.63, 3.8) is 0 Å². The van der Waals surface area contributed by atoms with E-state index in [4.69, 9.17) is 9.90 Å². The number of aromatic nitrogens is 2. The molecule has 0 spiro atoms. The van der Waals surface area contributed by atoms with Crippen molar-refractivity contribution in [2.24, 2.45) is 5.41 Å². The molecule has 2 aliphatic heterocycles. The van der Waals surface area contributed by atoms with Crippen molar-refractivity contribution in [2.75, 3.05) is 6.61 Å². The van der Waals surface area contributed by atoms with Crippen molar-refractivity contribution in [2.45, 2.75) is 64.5 Å². The van der Waals surface area contributed by atoms with Crippen LogP contribution in [-0.2, 0) is 11.2 Å². The van der Waals surface area contributed by atoms with Gasteiger partial charge in [0.2, 0.25) is 0 Å². The van der Waals surface area contributed by atoms with Crippen LogP contribution in [0, 0.1) is 5.41 Å². The predicted molar refractivity (Wildman–Crippen MR) is 116 cm³/mol. The molecule has 0 radical (unpaired) electrons. The predicted octanol–water partition coefficient (Wildman–Crippen LogP) is 2.58. The number of aryl methyl sites for hydroxylation is 1. The van der Waals surface area contributed by atoms with Crippen LogP contribution in [0.1, 0.15) is 62.0 Å². The molecule has 168 valence electrons. The molecule has 31 heavy (non-hydrogen) atoms. The van der Waals surface area contributed by atoms with Gasteiger partial charge in [-0.05, 0) is 56.4 Å². The van der Waals surface area contributed by atoms with E-state index >= 15 is 0 Å². The van der Waals surface area contributed by atoms with Crippen LogP contribution in [0.3, 0.4) is 0 Å². The molecule has 3 heterocycles. The highest BCUT2D eigenvalue weighted by atomic mass is 16.3. The number of benzene rings is 1. The zero-order valence-electron chi connectivity index (χ0n) is 18.1. The smallest absolute Gasteiger partial charge is 0.290 e. The monoisotopic (exact) mass is 429 g/mol. The minimum atomic E-state index is -0.250. The molecular formula is C23H31N3O5. The van der Waals surface area contributed by atoms with E-state index in [0.717, 1.165) is 49.9 Å². The maximum absolute atomic E-state index is 13.2. The highest BCUT2D eigenvalue weighted by Gasteiger charge is 2.56. The standard InChI is InChI=1S/C22H29N3O3.CH2O2/c1-3-5-16-12-20(27)25(23-16)17-8-6-15(7-9-17)21(28)24-18-10-11-19(24)22(4-2,13-18)14-26;2-1-3/h6-9,12,18-19,23,26H,3-5,10-11,13-14H2,1-2H3;1H,(H,2,3)/t18-,19+,22-;/m1./s1. The van der Waals surface area contributed by atoms with E-state index in [1.165, 1.54) is 4.68 Å². The minimum absolute atomic E-state index is 0.0355. The number of carbonyl (C=O) groups excluding carboxylic acids is 1. The van der Waals surface area contributed by atoms with Gasteiger partial charge in [0, 0.05) is 34.8 Å². The molecule has 0 unspecified atom stereocenters. The molecule has 2 bridgehead atoms. The van der Waals surface area contributed by atoms with Crippen molar-refractivity contribution in [1.82, 2.24) is 14.7 Å². The first kappa shape index (κ1) is 22.8. The first-order valence-corrected chi connectivity index (χ1v) is 10.9. The summed E-state index contributed by atoms with van der Waals surface area (Å²) >= 11 is 0. The molecular weight excluding hydrogens is 398 g/mol. The fourth-order valence-electron chi connectivity index (χ4n) is 5.19. The average Bonchev–Trinajstić information content (AvgIpc) is 3.45. The molecule has 2 saturated heterocycles. The van der Waals surface area contributed by atoms with Crippen LogP contribution in [0.4, 0.5) is 0 Å². The number of aliphatic hydroxyl groups excluding tert-OH is 1. The number of amides is 1. The fraction of sp³-hybridized carbons (Fsp3) is 0.522. The quantitative estimate of drug-likeness (QED) is 0.611. The van der Waals surface area contributed by atoms with Gasteiger partial charge in [-0.3, -0.25) is 19.5 Å². The molecule has 1 amide bonds. The number of aromatic amines is 1. The summed E-state index contributed by atoms with van der Waals surface area (Å²) in [6.07, 6.45) is 5.59. The molecule has 1 aromatic heterocycles. The first-order chi connectivity index (χ1) is 14.9. The Balaban J connectivity index is 0.000000858. The van der Waals surface area contributed by atoms with E-state index < -0.39 is 0 Å². The zero-order valence-corrected chi connectivity index (χ0v) is 18.1. The maximum Gasteiger partial charge on any atom is 0.290 e. The summed E-state index contributed by atoms with van der Waals surface area (Å²) in [5.74, 6) is 0.0355. The third-order valence-corrected chi connectivity index (χ3v) is 6.77. The van der Waals surface area contributed by atoms with Gasteiger partial charge in [0.05, 0.1) is 12.3 Å². The SMILES string of the molecule is CCCc1cc(=O)n(-c2ccc(C(=O)N3[C@@H]4CC[C@H]3[C@@](CC)(CO)C4)cc2)[nH]1.O=CO. The minimum Gasteiger partial charge on any atom is -0.483 e. The van der Waals surface area contributed by atoms with Crippen LogP contribution < -0.4 is 5.56 Å². The van der Waals surface area contributed by atoms with Gasteiger partial charge >= 0.3 is 0 Å². The highest BCUT2D eigenvalue weighted by Crippen LogP contribution is 2.51. The van der Waals surface area contributed by atoms with Crippen LogP contribution in [-0.4, -0.2) is 56.0 Å². The summed E-state index contributed by atoms with van der Waals surface area (Å²) in [5.41, 5.74) is 2.05. The van der Waals surface area contributed by atoms with Crippen LogP contribution in [0.5, 0.6) is 0 Å². The summed E-state index contributed by atoms with van der Waals surface area (Å²) in [7, 11) is 0. The van der Waals surface area contributed by atoms with Crippen LogP contribution in [0.25, 0.3) is 5.69 Å². The summed E-state index contributed by atoms with van der Waals surface area (Å²) in [5, 5.41) is 20.0. The van der Waals surface area contributed by atoms with E-state index in [1.807, 2.05) is 17.0 Å². The van der Waals surface area contributed by atoms with Crippen molar-refractivity contribution in [3.05, 3.63) is 51.9 Å². The van der Waals surface area contributed by atoms with Gasteiger partial charge in [-0.25, -0.2) is 4.68 Å². The maximum atomic E-state index is 13.2. The van der Waals surface area contributed by atoms with Crippen LogP contribution >= 0.6 is 0 Å². The van der Waals surface area contributed by atoms with Gasteiger partial charge in [0.25, 0.3) is 17.9 Å². The van der Waals surface area contributed by atoms with E-state index in [9.17, 15) is 14.7 Å². The molecule has 2 aromatic rings. The molecule has 3 atom stereocenters. The fourth-order valence-corrected chi connectivity index (χ4v) is 5.19. The molecule has 0 saturated carbocycles. The van der Waals surface area contributed by atoms with Gasteiger partial charge in [0.1, 0.15) is 0 Å². The summed E-state index contributed by atoms with van der Waals surface area (Å²) < 4.78 is 1.52. The number of carboxylic acid groups (broad SMARTS) is 1. The van der Waals surface area contributed by atoms with Gasteiger partial charge in [-0.1, -0.05) is 20.3 Å². The average molecular weight is 430 g/mol. The molecule has 2 aliphatic rings. The normalized spacial score (nSPS) is 24.0. The summed E-state index contributed by atoms with van der Waals surface area (Å²) in [4.78, 5) is 35.8. The third-order valence-electron chi connectivity index (χ3n) is 6.77. The first-order valence-electron chi connectivity index (χ1n) is 10.9. The molecule has 1 aromatic carbocycles. The Labute approximate surface area is 181 Å². The third kappa shape index (κ3) is 4.17.